The first-order valence-corrected chi connectivity index (χ1v) is 7.18. The average Bonchev–Trinajstić information content (AvgIpc) is 2.20. The van der Waals surface area contributed by atoms with E-state index in [1.54, 1.807) is 0 Å². The maximum Gasteiger partial charge on any atom is 0.290 e. The minimum Gasteiger partial charge on any atom is -0.483 e. The second-order valence-corrected chi connectivity index (χ2v) is 5.51. The van der Waals surface area contributed by atoms with E-state index in [0.29, 0.717) is 0 Å². The summed E-state index contributed by atoms with van der Waals surface area (Å²) in [5.74, 6) is 0. The minimum absolute atomic E-state index is 0.250. The molecular formula is C11H24NO2Zn. The number of carboxylic acid groups (broad SMARTS) is 1. The molecule has 87 valence electrons. The van der Waals surface area contributed by atoms with Crippen LogP contribution in [0.2, 0.25) is 0 Å². The Hall–Kier alpha value is 0.0534. The molecule has 0 bridgehead atoms. The van der Waals surface area contributed by atoms with E-state index in [4.69, 9.17) is 9.90 Å². The molecule has 0 amide bonds. The fourth-order valence-corrected chi connectivity index (χ4v) is 2.22. The molecule has 0 saturated carbocycles. The van der Waals surface area contributed by atoms with Gasteiger partial charge in [0.15, 0.2) is 0 Å². The molecule has 0 atom stereocenters. The van der Waals surface area contributed by atoms with Gasteiger partial charge in [-0.15, -0.1) is 0 Å². The summed E-state index contributed by atoms with van der Waals surface area (Å²) in [4.78, 5) is 8.36. The second-order valence-electron chi connectivity index (χ2n) is 3.64. The van der Waals surface area contributed by atoms with E-state index in [9.17, 15) is 0 Å². The molecule has 0 rings (SSSR count). The average molecular weight is 268 g/mol. The molecule has 0 fully saturated rings. The summed E-state index contributed by atoms with van der Waals surface area (Å²) in [7, 11) is 0. The zero-order valence-electron chi connectivity index (χ0n) is 10.2. The van der Waals surface area contributed by atoms with Crippen molar-refractivity contribution in [2.24, 2.45) is 0 Å². The van der Waals surface area contributed by atoms with Crippen molar-refractivity contribution in [2.45, 2.75) is 52.4 Å². The van der Waals surface area contributed by atoms with Gasteiger partial charge in [0.05, 0.1) is 0 Å². The summed E-state index contributed by atoms with van der Waals surface area (Å²) in [5, 5.41) is 6.89. The molecular weight excluding hydrogens is 244 g/mol. The van der Waals surface area contributed by atoms with Crippen molar-refractivity contribution in [2.75, 3.05) is 13.1 Å². The fourth-order valence-electron chi connectivity index (χ4n) is 1.28. The summed E-state index contributed by atoms with van der Waals surface area (Å²) in [6, 6.07) is 0. The standard InChI is InChI=1S/C10H22N.CH2O2.Zn/c1-3-5-7-9-11-10-8-6-4-2;2-1-3;/h3-10H2,1-2H3;1H,(H,2,3);/q-1;;+1. The fraction of sp³-hybridized carbons (Fsp3) is 0.909. The molecule has 0 spiro atoms. The maximum atomic E-state index is 8.36. The third-order valence-electron chi connectivity index (χ3n) is 2.16. The molecule has 0 aromatic heterocycles. The molecule has 0 aliphatic rings. The third kappa shape index (κ3) is 20.2. The first-order valence-electron chi connectivity index (χ1n) is 5.86. The number of carbonyl (C=O) groups is 1. The summed E-state index contributed by atoms with van der Waals surface area (Å²) < 4.78 is 2.59. The molecule has 0 heterocycles. The summed E-state index contributed by atoms with van der Waals surface area (Å²) in [5.41, 5.74) is 0. The number of nitrogens with zero attached hydrogens (tertiary/aromatic N) is 1. The van der Waals surface area contributed by atoms with Crippen LogP contribution < -0.4 is 0 Å². The van der Waals surface area contributed by atoms with Crippen molar-refractivity contribution in [3.63, 3.8) is 0 Å². The molecule has 0 aliphatic heterocycles. The van der Waals surface area contributed by atoms with Gasteiger partial charge in [0.2, 0.25) is 0 Å². The van der Waals surface area contributed by atoms with Crippen LogP contribution >= 0.6 is 0 Å². The van der Waals surface area contributed by atoms with Crippen LogP contribution in [0.15, 0.2) is 0 Å². The second kappa shape index (κ2) is 16.5. The Kier molecular flexibility index (Phi) is 19.2. The van der Waals surface area contributed by atoms with Gasteiger partial charge in [-0.1, -0.05) is 0 Å². The van der Waals surface area contributed by atoms with Gasteiger partial charge < -0.3 is 5.11 Å². The zero-order chi connectivity index (χ0) is 11.9. The molecule has 0 radical (unpaired) electrons. The normalized spacial score (nSPS) is 9.67. The Morgan fingerprint density at radius 3 is 1.67 bits per heavy atom. The van der Waals surface area contributed by atoms with E-state index >= 15 is 0 Å². The smallest absolute Gasteiger partial charge is 0.290 e. The van der Waals surface area contributed by atoms with Gasteiger partial charge in [-0.2, -0.15) is 0 Å². The SMILES string of the molecule is CCCCC[N]([Zn])CCCCC.O=CO. The topological polar surface area (TPSA) is 40.5 Å². The van der Waals surface area contributed by atoms with Crippen molar-refractivity contribution >= 4 is 6.47 Å². The summed E-state index contributed by atoms with van der Waals surface area (Å²) >= 11 is 1.35. The third-order valence-corrected chi connectivity index (χ3v) is 3.48. The predicted octanol–water partition coefficient (Wildman–Crippen LogP) is 2.83. The van der Waals surface area contributed by atoms with Crippen molar-refractivity contribution < 1.29 is 28.4 Å². The maximum absolute atomic E-state index is 8.36. The van der Waals surface area contributed by atoms with Crippen LogP contribution in [0, 0.1) is 0 Å². The van der Waals surface area contributed by atoms with Gasteiger partial charge in [0.25, 0.3) is 6.47 Å². The first kappa shape index (κ1) is 17.4. The van der Waals surface area contributed by atoms with Crippen molar-refractivity contribution in [3.05, 3.63) is 0 Å². The van der Waals surface area contributed by atoms with E-state index in [1.165, 1.54) is 70.2 Å². The van der Waals surface area contributed by atoms with Crippen molar-refractivity contribution in [3.8, 4) is 0 Å². The van der Waals surface area contributed by atoms with E-state index in [-0.39, 0.29) is 6.47 Å². The number of rotatable bonds is 8. The molecule has 0 aromatic carbocycles. The van der Waals surface area contributed by atoms with Gasteiger partial charge in [-0.25, -0.2) is 0 Å². The molecule has 4 heteroatoms. The van der Waals surface area contributed by atoms with Gasteiger partial charge in [-0.3, -0.25) is 4.79 Å². The van der Waals surface area contributed by atoms with E-state index in [2.05, 4.69) is 17.5 Å². The molecule has 0 unspecified atom stereocenters. The van der Waals surface area contributed by atoms with Crippen LogP contribution in [0.3, 0.4) is 0 Å². The van der Waals surface area contributed by atoms with Crippen molar-refractivity contribution in [1.29, 1.82) is 0 Å². The number of hydrogen-bond donors (Lipinski definition) is 1. The summed E-state index contributed by atoms with van der Waals surface area (Å²) in [6.45, 7) is 6.98. The molecule has 0 aromatic rings. The van der Waals surface area contributed by atoms with Crippen LogP contribution in [0.1, 0.15) is 52.4 Å². The minimum atomic E-state index is -0.250. The van der Waals surface area contributed by atoms with E-state index in [0.717, 1.165) is 0 Å². The predicted molar refractivity (Wildman–Crippen MR) is 59.3 cm³/mol. The Bertz CT molecular complexity index is 113. The molecule has 0 aliphatic carbocycles. The Morgan fingerprint density at radius 1 is 1.07 bits per heavy atom. The molecule has 0 saturated heterocycles. The Morgan fingerprint density at radius 2 is 1.40 bits per heavy atom. The molecule has 3 nitrogen and oxygen atoms in total. The zero-order valence-corrected chi connectivity index (χ0v) is 13.2. The van der Waals surface area contributed by atoms with Crippen LogP contribution in [-0.2, 0) is 23.3 Å². The van der Waals surface area contributed by atoms with Gasteiger partial charge >= 0.3 is 87.6 Å². The molecule has 1 N–H and O–H groups in total. The first-order chi connectivity index (χ1) is 7.22. The van der Waals surface area contributed by atoms with Gasteiger partial charge in [-0.05, 0) is 0 Å². The number of hydrogen-bond acceptors (Lipinski definition) is 2. The van der Waals surface area contributed by atoms with Crippen molar-refractivity contribution in [1.82, 2.24) is 3.64 Å². The largest absolute Gasteiger partial charge is 0.483 e. The molecule has 15 heavy (non-hydrogen) atoms. The Balaban J connectivity index is 0. The van der Waals surface area contributed by atoms with E-state index in [1.807, 2.05) is 0 Å². The van der Waals surface area contributed by atoms with Crippen LogP contribution in [0.4, 0.5) is 0 Å². The van der Waals surface area contributed by atoms with Crippen LogP contribution in [0.5, 0.6) is 0 Å². The van der Waals surface area contributed by atoms with Gasteiger partial charge in [0.1, 0.15) is 0 Å². The van der Waals surface area contributed by atoms with Gasteiger partial charge in [0, 0.05) is 0 Å². The quantitative estimate of drug-likeness (QED) is 0.418. The number of unbranched alkanes of at least 4 members (excludes halogenated alkanes) is 4. The monoisotopic (exact) mass is 266 g/mol. The van der Waals surface area contributed by atoms with Crippen LogP contribution in [0.25, 0.3) is 0 Å². The Labute approximate surface area is 104 Å². The summed E-state index contributed by atoms with van der Waals surface area (Å²) in [6.07, 6.45) is 8.32. The van der Waals surface area contributed by atoms with E-state index < -0.39 is 0 Å². The van der Waals surface area contributed by atoms with Crippen LogP contribution in [-0.4, -0.2) is 28.3 Å².